The smallest absolute Gasteiger partial charge is 0.338 e. The van der Waals surface area contributed by atoms with Crippen LogP contribution in [0.3, 0.4) is 0 Å². The number of ether oxygens (including phenoxy) is 1. The highest BCUT2D eigenvalue weighted by Crippen LogP contribution is 2.17. The molecule has 2 aromatic carbocycles. The zero-order chi connectivity index (χ0) is 17.4. The molecule has 0 aliphatic carbocycles. The number of carbonyl (C=O) groups is 1. The molecule has 0 N–H and O–H groups in total. The first-order chi connectivity index (χ1) is 12.1. The topological polar surface area (TPSA) is 61.2 Å². The third-order valence-electron chi connectivity index (χ3n) is 4.50. The normalized spacial score (nSPS) is 13.0. The molecule has 1 aliphatic heterocycles. The molecule has 0 amide bonds. The van der Waals surface area contributed by atoms with E-state index in [-0.39, 0.29) is 12.2 Å². The second-order valence-electron chi connectivity index (χ2n) is 6.39. The number of hydrogen-bond acceptors (Lipinski definition) is 4. The van der Waals surface area contributed by atoms with Gasteiger partial charge in [0.1, 0.15) is 12.4 Å². The first-order valence-corrected chi connectivity index (χ1v) is 8.38. The Bertz CT molecular complexity index is 1040. The number of rotatable bonds is 3. The maximum Gasteiger partial charge on any atom is 0.338 e. The van der Waals surface area contributed by atoms with E-state index in [9.17, 15) is 9.59 Å². The molecule has 0 bridgehead atoms. The van der Waals surface area contributed by atoms with Crippen molar-refractivity contribution < 1.29 is 9.53 Å². The molecule has 0 atom stereocenters. The monoisotopic (exact) mass is 334 g/mol. The van der Waals surface area contributed by atoms with Crippen molar-refractivity contribution in [3.05, 3.63) is 75.3 Å². The van der Waals surface area contributed by atoms with Gasteiger partial charge in [-0.05, 0) is 37.1 Å². The SMILES string of the molecule is Cc1cccc(COC(=O)c2ccc3c(=O)n4c(nc3c2)CCC4)c1. The molecule has 3 aromatic rings. The highest BCUT2D eigenvalue weighted by Gasteiger charge is 2.17. The molecular weight excluding hydrogens is 316 g/mol. The van der Waals surface area contributed by atoms with Crippen LogP contribution in [-0.2, 0) is 24.3 Å². The number of hydrogen-bond donors (Lipinski definition) is 0. The van der Waals surface area contributed by atoms with E-state index >= 15 is 0 Å². The molecule has 126 valence electrons. The second kappa shape index (κ2) is 6.16. The standard InChI is InChI=1S/C20H18N2O3/c1-13-4-2-5-14(10-13)12-25-20(24)15-7-8-16-17(11-15)21-18-6-3-9-22(18)19(16)23/h2,4-5,7-8,10-11H,3,6,9,12H2,1H3. The Morgan fingerprint density at radius 1 is 1.24 bits per heavy atom. The Hall–Kier alpha value is -2.95. The maximum atomic E-state index is 12.5. The predicted molar refractivity (Wildman–Crippen MR) is 94.6 cm³/mol. The van der Waals surface area contributed by atoms with Gasteiger partial charge >= 0.3 is 5.97 Å². The molecule has 0 saturated heterocycles. The van der Waals surface area contributed by atoms with Crippen molar-refractivity contribution in [3.63, 3.8) is 0 Å². The summed E-state index contributed by atoms with van der Waals surface area (Å²) in [6, 6.07) is 12.8. The molecule has 0 radical (unpaired) electrons. The van der Waals surface area contributed by atoms with Gasteiger partial charge in [0, 0.05) is 13.0 Å². The summed E-state index contributed by atoms with van der Waals surface area (Å²) in [7, 11) is 0. The van der Waals surface area contributed by atoms with Gasteiger partial charge in [-0.2, -0.15) is 0 Å². The van der Waals surface area contributed by atoms with E-state index in [1.165, 1.54) is 0 Å². The molecule has 25 heavy (non-hydrogen) atoms. The van der Waals surface area contributed by atoms with Gasteiger partial charge in [0.2, 0.25) is 0 Å². The molecule has 4 rings (SSSR count). The number of benzene rings is 2. The Balaban J connectivity index is 1.60. The lowest BCUT2D eigenvalue weighted by Gasteiger charge is -2.08. The fourth-order valence-electron chi connectivity index (χ4n) is 3.24. The highest BCUT2D eigenvalue weighted by molar-refractivity contribution is 5.94. The van der Waals surface area contributed by atoms with E-state index in [0.717, 1.165) is 36.3 Å². The molecule has 0 saturated carbocycles. The van der Waals surface area contributed by atoms with Crippen molar-refractivity contribution in [2.45, 2.75) is 32.9 Å². The molecule has 5 heteroatoms. The Morgan fingerprint density at radius 3 is 2.96 bits per heavy atom. The van der Waals surface area contributed by atoms with Crippen LogP contribution >= 0.6 is 0 Å². The van der Waals surface area contributed by atoms with Crippen molar-refractivity contribution in [1.29, 1.82) is 0 Å². The number of carbonyl (C=O) groups excluding carboxylic acids is 1. The lowest BCUT2D eigenvalue weighted by molar-refractivity contribution is 0.0473. The quantitative estimate of drug-likeness (QED) is 0.691. The molecule has 1 aromatic heterocycles. The van der Waals surface area contributed by atoms with Gasteiger partial charge in [-0.15, -0.1) is 0 Å². The summed E-state index contributed by atoms with van der Waals surface area (Å²) in [4.78, 5) is 29.3. The van der Waals surface area contributed by atoms with Crippen LogP contribution in [0.1, 0.15) is 33.7 Å². The maximum absolute atomic E-state index is 12.5. The van der Waals surface area contributed by atoms with Crippen molar-refractivity contribution in [2.24, 2.45) is 0 Å². The van der Waals surface area contributed by atoms with E-state index in [2.05, 4.69) is 4.98 Å². The van der Waals surface area contributed by atoms with Gasteiger partial charge in [-0.25, -0.2) is 9.78 Å². The van der Waals surface area contributed by atoms with Gasteiger partial charge in [0.05, 0.1) is 16.5 Å². The van der Waals surface area contributed by atoms with Gasteiger partial charge in [-0.1, -0.05) is 29.8 Å². The number of fused-ring (bicyclic) bond motifs is 2. The van der Waals surface area contributed by atoms with E-state index in [1.807, 2.05) is 31.2 Å². The van der Waals surface area contributed by atoms with Gasteiger partial charge < -0.3 is 4.74 Å². The minimum atomic E-state index is -0.411. The van der Waals surface area contributed by atoms with Crippen LogP contribution in [0.15, 0.2) is 47.3 Å². The molecule has 0 spiro atoms. The van der Waals surface area contributed by atoms with Crippen LogP contribution in [0, 0.1) is 6.92 Å². The van der Waals surface area contributed by atoms with Crippen LogP contribution in [0.4, 0.5) is 0 Å². The van der Waals surface area contributed by atoms with Gasteiger partial charge in [-0.3, -0.25) is 9.36 Å². The number of aryl methyl sites for hydroxylation is 2. The third-order valence-corrected chi connectivity index (χ3v) is 4.50. The van der Waals surface area contributed by atoms with Crippen molar-refractivity contribution in [2.75, 3.05) is 0 Å². The summed E-state index contributed by atoms with van der Waals surface area (Å²) in [5.74, 6) is 0.383. The van der Waals surface area contributed by atoms with Crippen LogP contribution in [0.25, 0.3) is 10.9 Å². The van der Waals surface area contributed by atoms with Crippen LogP contribution in [0.5, 0.6) is 0 Å². The fraction of sp³-hybridized carbons (Fsp3) is 0.250. The average Bonchev–Trinajstić information content (AvgIpc) is 3.08. The Kier molecular flexibility index (Phi) is 3.84. The summed E-state index contributed by atoms with van der Waals surface area (Å²) >= 11 is 0. The molecular formula is C20H18N2O3. The molecule has 5 nitrogen and oxygen atoms in total. The van der Waals surface area contributed by atoms with Gasteiger partial charge in [0.25, 0.3) is 5.56 Å². The molecule has 0 unspecified atom stereocenters. The summed E-state index contributed by atoms with van der Waals surface area (Å²) < 4.78 is 7.11. The van der Waals surface area contributed by atoms with Crippen molar-refractivity contribution >= 4 is 16.9 Å². The minimum Gasteiger partial charge on any atom is -0.457 e. The summed E-state index contributed by atoms with van der Waals surface area (Å²) in [5, 5.41) is 0.542. The van der Waals surface area contributed by atoms with Gasteiger partial charge in [0.15, 0.2) is 0 Å². The number of nitrogens with zero attached hydrogens (tertiary/aromatic N) is 2. The first kappa shape index (κ1) is 15.6. The average molecular weight is 334 g/mol. The lowest BCUT2D eigenvalue weighted by atomic mass is 10.1. The lowest BCUT2D eigenvalue weighted by Crippen LogP contribution is -2.21. The Labute approximate surface area is 144 Å². The summed E-state index contributed by atoms with van der Waals surface area (Å²) in [6.45, 7) is 2.94. The van der Waals surface area contributed by atoms with E-state index in [4.69, 9.17) is 4.74 Å². The fourth-order valence-corrected chi connectivity index (χ4v) is 3.24. The second-order valence-corrected chi connectivity index (χ2v) is 6.39. The van der Waals surface area contributed by atoms with Crippen LogP contribution < -0.4 is 5.56 Å². The number of esters is 1. The highest BCUT2D eigenvalue weighted by atomic mass is 16.5. The number of aromatic nitrogens is 2. The molecule has 1 aliphatic rings. The first-order valence-electron chi connectivity index (χ1n) is 8.38. The van der Waals surface area contributed by atoms with Crippen LogP contribution in [-0.4, -0.2) is 15.5 Å². The third kappa shape index (κ3) is 2.93. The Morgan fingerprint density at radius 2 is 2.12 bits per heavy atom. The predicted octanol–water partition coefficient (Wildman–Crippen LogP) is 3.01. The minimum absolute atomic E-state index is 0.0304. The zero-order valence-corrected chi connectivity index (χ0v) is 14.0. The largest absolute Gasteiger partial charge is 0.457 e. The zero-order valence-electron chi connectivity index (χ0n) is 14.0. The molecule has 2 heterocycles. The molecule has 0 fully saturated rings. The van der Waals surface area contributed by atoms with E-state index in [0.29, 0.717) is 16.5 Å². The van der Waals surface area contributed by atoms with E-state index in [1.54, 1.807) is 22.8 Å². The van der Waals surface area contributed by atoms with E-state index < -0.39 is 5.97 Å². The van der Waals surface area contributed by atoms with Crippen molar-refractivity contribution in [1.82, 2.24) is 9.55 Å². The van der Waals surface area contributed by atoms with Crippen LogP contribution in [0.2, 0.25) is 0 Å². The van der Waals surface area contributed by atoms with Crippen molar-refractivity contribution in [3.8, 4) is 0 Å². The summed E-state index contributed by atoms with van der Waals surface area (Å²) in [5.41, 5.74) is 3.01. The summed E-state index contributed by atoms with van der Waals surface area (Å²) in [6.07, 6.45) is 1.73.